The van der Waals surface area contributed by atoms with Gasteiger partial charge in [0.05, 0.1) is 5.33 Å². The largest absolute Gasteiger partial charge is 0.480 e. The van der Waals surface area contributed by atoms with Crippen molar-refractivity contribution in [1.82, 2.24) is 5.32 Å². The van der Waals surface area contributed by atoms with Gasteiger partial charge in [-0.1, -0.05) is 15.9 Å². The highest BCUT2D eigenvalue weighted by atomic mass is 79.9. The number of carbonyl (C=O) groups is 2. The van der Waals surface area contributed by atoms with E-state index < -0.39 is 11.5 Å². The number of rotatable bonds is 3. The maximum atomic E-state index is 10.7. The maximum Gasteiger partial charge on any atom is 0.328 e. The standard InChI is InChI=1S/C6H10BrNO3/c1-6(2,5(10)11)8-4(9)3-7/h3H2,1-2H3,(H,8,9)(H,10,11). The lowest BCUT2D eigenvalue weighted by Crippen LogP contribution is -2.50. The molecule has 0 radical (unpaired) electrons. The summed E-state index contributed by atoms with van der Waals surface area (Å²) in [7, 11) is 0. The van der Waals surface area contributed by atoms with Crippen LogP contribution in [0.2, 0.25) is 0 Å². The molecule has 0 aliphatic carbocycles. The molecule has 64 valence electrons. The summed E-state index contributed by atoms with van der Waals surface area (Å²) in [5.74, 6) is -1.38. The molecule has 11 heavy (non-hydrogen) atoms. The highest BCUT2D eigenvalue weighted by molar-refractivity contribution is 9.09. The number of carboxylic acid groups (broad SMARTS) is 1. The molecule has 0 aromatic rings. The fourth-order valence-corrected chi connectivity index (χ4v) is 0.576. The molecule has 2 N–H and O–H groups in total. The van der Waals surface area contributed by atoms with Crippen molar-refractivity contribution in [1.29, 1.82) is 0 Å². The summed E-state index contributed by atoms with van der Waals surface area (Å²) in [6.07, 6.45) is 0. The van der Waals surface area contributed by atoms with Crippen LogP contribution < -0.4 is 5.32 Å². The van der Waals surface area contributed by atoms with E-state index >= 15 is 0 Å². The molecule has 0 saturated heterocycles. The third kappa shape index (κ3) is 3.36. The summed E-state index contributed by atoms with van der Waals surface area (Å²) in [6.45, 7) is 2.85. The minimum atomic E-state index is -1.19. The van der Waals surface area contributed by atoms with Gasteiger partial charge in [0.1, 0.15) is 5.54 Å². The topological polar surface area (TPSA) is 66.4 Å². The molecule has 0 rings (SSSR count). The van der Waals surface area contributed by atoms with Crippen molar-refractivity contribution in [2.45, 2.75) is 19.4 Å². The van der Waals surface area contributed by atoms with Gasteiger partial charge in [0.25, 0.3) is 0 Å². The van der Waals surface area contributed by atoms with Gasteiger partial charge in [-0.2, -0.15) is 0 Å². The van der Waals surface area contributed by atoms with E-state index in [1.54, 1.807) is 0 Å². The van der Waals surface area contributed by atoms with E-state index in [1.165, 1.54) is 13.8 Å². The first-order valence-electron chi connectivity index (χ1n) is 3.00. The number of amides is 1. The maximum absolute atomic E-state index is 10.7. The number of aliphatic carboxylic acids is 1. The van der Waals surface area contributed by atoms with Crippen molar-refractivity contribution >= 4 is 27.8 Å². The zero-order valence-electron chi connectivity index (χ0n) is 6.35. The summed E-state index contributed by atoms with van der Waals surface area (Å²) in [5, 5.41) is 11.0. The van der Waals surface area contributed by atoms with Crippen molar-refractivity contribution < 1.29 is 14.7 Å². The first-order chi connectivity index (χ1) is 4.90. The number of carboxylic acids is 1. The molecule has 4 nitrogen and oxygen atoms in total. The molecular weight excluding hydrogens is 214 g/mol. The monoisotopic (exact) mass is 223 g/mol. The highest BCUT2D eigenvalue weighted by Gasteiger charge is 2.28. The minimum Gasteiger partial charge on any atom is -0.480 e. The Morgan fingerprint density at radius 2 is 2.00 bits per heavy atom. The summed E-state index contributed by atoms with van der Waals surface area (Å²) in [5.41, 5.74) is -1.19. The molecule has 0 aromatic carbocycles. The van der Waals surface area contributed by atoms with Gasteiger partial charge in [-0.3, -0.25) is 4.79 Å². The van der Waals surface area contributed by atoms with Crippen molar-refractivity contribution in [3.63, 3.8) is 0 Å². The van der Waals surface area contributed by atoms with Crippen LogP contribution in [0.5, 0.6) is 0 Å². The normalized spacial score (nSPS) is 10.8. The van der Waals surface area contributed by atoms with Gasteiger partial charge in [-0.05, 0) is 13.8 Å². The lowest BCUT2D eigenvalue weighted by molar-refractivity contribution is -0.145. The van der Waals surface area contributed by atoms with Gasteiger partial charge in [-0.15, -0.1) is 0 Å². The van der Waals surface area contributed by atoms with Gasteiger partial charge < -0.3 is 10.4 Å². The average molecular weight is 224 g/mol. The van der Waals surface area contributed by atoms with E-state index in [2.05, 4.69) is 21.2 Å². The molecule has 0 fully saturated rings. The van der Waals surface area contributed by atoms with Crippen LogP contribution in [0.3, 0.4) is 0 Å². The number of halogens is 1. The third-order valence-corrected chi connectivity index (χ3v) is 1.62. The summed E-state index contributed by atoms with van der Waals surface area (Å²) in [6, 6.07) is 0. The summed E-state index contributed by atoms with van der Waals surface area (Å²) < 4.78 is 0. The van der Waals surface area contributed by atoms with Crippen LogP contribution >= 0.6 is 15.9 Å². The second-order valence-electron chi connectivity index (χ2n) is 2.61. The van der Waals surface area contributed by atoms with Gasteiger partial charge in [0, 0.05) is 0 Å². The first-order valence-corrected chi connectivity index (χ1v) is 4.12. The molecule has 0 atom stereocenters. The SMILES string of the molecule is CC(C)(NC(=O)CBr)C(=O)O. The molecule has 0 aliphatic heterocycles. The smallest absolute Gasteiger partial charge is 0.328 e. The van der Waals surface area contributed by atoms with Crippen LogP contribution in [0.1, 0.15) is 13.8 Å². The lowest BCUT2D eigenvalue weighted by Gasteiger charge is -2.19. The van der Waals surface area contributed by atoms with E-state index in [0.29, 0.717) is 0 Å². The Hall–Kier alpha value is -0.580. The Morgan fingerprint density at radius 3 is 2.27 bits per heavy atom. The Balaban J connectivity index is 4.12. The van der Waals surface area contributed by atoms with Crippen LogP contribution in [-0.4, -0.2) is 27.9 Å². The van der Waals surface area contributed by atoms with E-state index in [0.717, 1.165) is 0 Å². The Morgan fingerprint density at radius 1 is 1.55 bits per heavy atom. The van der Waals surface area contributed by atoms with E-state index in [1.807, 2.05) is 0 Å². The Kier molecular flexibility index (Phi) is 3.51. The molecule has 0 bridgehead atoms. The van der Waals surface area contributed by atoms with Crippen LogP contribution in [0.15, 0.2) is 0 Å². The fraction of sp³-hybridized carbons (Fsp3) is 0.667. The number of hydrogen-bond acceptors (Lipinski definition) is 2. The van der Waals surface area contributed by atoms with E-state index in [-0.39, 0.29) is 11.2 Å². The lowest BCUT2D eigenvalue weighted by atomic mass is 10.1. The summed E-state index contributed by atoms with van der Waals surface area (Å²) in [4.78, 5) is 21.2. The van der Waals surface area contributed by atoms with Crippen molar-refractivity contribution in [3.05, 3.63) is 0 Å². The minimum absolute atomic E-state index is 0.115. The number of carbonyl (C=O) groups excluding carboxylic acids is 1. The van der Waals surface area contributed by atoms with Gasteiger partial charge >= 0.3 is 5.97 Å². The quantitative estimate of drug-likeness (QED) is 0.680. The molecule has 0 aliphatic rings. The van der Waals surface area contributed by atoms with E-state index in [4.69, 9.17) is 5.11 Å². The zero-order valence-corrected chi connectivity index (χ0v) is 7.93. The van der Waals surface area contributed by atoms with Gasteiger partial charge in [-0.25, -0.2) is 4.79 Å². The van der Waals surface area contributed by atoms with Crippen molar-refractivity contribution in [2.24, 2.45) is 0 Å². The second kappa shape index (κ2) is 3.71. The first kappa shape index (κ1) is 10.4. The predicted molar refractivity (Wildman–Crippen MR) is 43.7 cm³/mol. The number of nitrogens with one attached hydrogen (secondary N) is 1. The molecule has 5 heteroatoms. The summed E-state index contributed by atoms with van der Waals surface area (Å²) >= 11 is 2.91. The molecule has 0 saturated carbocycles. The van der Waals surface area contributed by atoms with Crippen LogP contribution in [0.25, 0.3) is 0 Å². The number of alkyl halides is 1. The molecule has 0 spiro atoms. The molecule has 1 amide bonds. The average Bonchev–Trinajstić information content (AvgIpc) is 1.86. The van der Waals surface area contributed by atoms with Crippen LogP contribution in [-0.2, 0) is 9.59 Å². The third-order valence-electron chi connectivity index (χ3n) is 1.11. The van der Waals surface area contributed by atoms with Crippen LogP contribution in [0.4, 0.5) is 0 Å². The molecule has 0 heterocycles. The fourth-order valence-electron chi connectivity index (χ4n) is 0.435. The van der Waals surface area contributed by atoms with Crippen molar-refractivity contribution in [2.75, 3.05) is 5.33 Å². The van der Waals surface area contributed by atoms with Crippen LogP contribution in [0, 0.1) is 0 Å². The Labute approximate surface area is 73.1 Å². The van der Waals surface area contributed by atoms with Gasteiger partial charge in [0.2, 0.25) is 5.91 Å². The van der Waals surface area contributed by atoms with E-state index in [9.17, 15) is 9.59 Å². The van der Waals surface area contributed by atoms with Gasteiger partial charge in [0.15, 0.2) is 0 Å². The molecule has 0 unspecified atom stereocenters. The predicted octanol–water partition coefficient (Wildman–Crippen LogP) is 0.361. The number of hydrogen-bond donors (Lipinski definition) is 2. The van der Waals surface area contributed by atoms with Crippen molar-refractivity contribution in [3.8, 4) is 0 Å². The molecular formula is C6H10BrNO3. The Bertz CT molecular complexity index is 179. The zero-order chi connectivity index (χ0) is 9.07. The second-order valence-corrected chi connectivity index (χ2v) is 3.17. The molecule has 0 aromatic heterocycles. The highest BCUT2D eigenvalue weighted by Crippen LogP contribution is 2.01.